The fourth-order valence-corrected chi connectivity index (χ4v) is 8.76. The summed E-state index contributed by atoms with van der Waals surface area (Å²) in [7, 11) is 0. The van der Waals surface area contributed by atoms with Crippen molar-refractivity contribution >= 4 is 63.3 Å². The molecule has 0 bridgehead atoms. The SMILES string of the molecule is Cc1sc(NC(=O)C(Sc2cccc(NC(=O)N3c4ccccc4SC4C=CC=CC43)c2)c2ccccc2)nc1-c1ccccc1. The van der Waals surface area contributed by atoms with Crippen molar-refractivity contribution in [1.82, 2.24) is 4.98 Å². The fourth-order valence-electron chi connectivity index (χ4n) is 5.58. The Bertz CT molecular complexity index is 1940. The van der Waals surface area contributed by atoms with Gasteiger partial charge in [-0.3, -0.25) is 9.69 Å². The van der Waals surface area contributed by atoms with Crippen molar-refractivity contribution in [3.05, 3.63) is 144 Å². The lowest BCUT2D eigenvalue weighted by Gasteiger charge is -2.40. The summed E-state index contributed by atoms with van der Waals surface area (Å²) in [5.41, 5.74) is 4.32. The van der Waals surface area contributed by atoms with Gasteiger partial charge >= 0.3 is 6.03 Å². The van der Waals surface area contributed by atoms with Crippen molar-refractivity contribution in [3.8, 4) is 11.3 Å². The number of anilines is 3. The van der Waals surface area contributed by atoms with Crippen LogP contribution in [-0.2, 0) is 4.79 Å². The van der Waals surface area contributed by atoms with E-state index in [1.165, 1.54) is 23.1 Å². The van der Waals surface area contributed by atoms with E-state index < -0.39 is 5.25 Å². The molecular formula is C37H30N4O2S3. The lowest BCUT2D eigenvalue weighted by Crippen LogP contribution is -2.49. The van der Waals surface area contributed by atoms with Gasteiger partial charge in [-0.05, 0) is 42.8 Å². The number of rotatable bonds is 7. The molecule has 6 nitrogen and oxygen atoms in total. The number of amides is 3. The van der Waals surface area contributed by atoms with Crippen LogP contribution in [0, 0.1) is 6.92 Å². The summed E-state index contributed by atoms with van der Waals surface area (Å²) in [6.07, 6.45) is 8.26. The van der Waals surface area contributed by atoms with Crippen molar-refractivity contribution in [1.29, 1.82) is 0 Å². The molecule has 3 amide bonds. The molecule has 2 N–H and O–H groups in total. The van der Waals surface area contributed by atoms with Crippen LogP contribution in [0.3, 0.4) is 0 Å². The average Bonchev–Trinajstić information content (AvgIpc) is 3.46. The molecule has 2 heterocycles. The molecule has 1 aliphatic heterocycles. The van der Waals surface area contributed by atoms with Crippen LogP contribution in [0.15, 0.2) is 143 Å². The molecule has 0 radical (unpaired) electrons. The Hall–Kier alpha value is -4.57. The highest BCUT2D eigenvalue weighted by Crippen LogP contribution is 2.44. The predicted octanol–water partition coefficient (Wildman–Crippen LogP) is 9.60. The number of thiazole rings is 1. The van der Waals surface area contributed by atoms with Crippen molar-refractivity contribution in [2.45, 2.75) is 33.3 Å². The number of carbonyl (C=O) groups excluding carboxylic acids is 2. The third-order valence-corrected chi connectivity index (χ3v) is 11.2. The maximum absolute atomic E-state index is 13.9. The molecule has 4 aromatic carbocycles. The molecule has 0 saturated carbocycles. The first kappa shape index (κ1) is 30.1. The molecule has 0 spiro atoms. The second kappa shape index (κ2) is 13.4. The minimum Gasteiger partial charge on any atom is -0.307 e. The summed E-state index contributed by atoms with van der Waals surface area (Å²) >= 11 is 4.68. The third kappa shape index (κ3) is 6.39. The van der Waals surface area contributed by atoms with Gasteiger partial charge in [-0.2, -0.15) is 0 Å². The monoisotopic (exact) mass is 658 g/mol. The molecule has 3 atom stereocenters. The number of para-hydroxylation sites is 1. The maximum Gasteiger partial charge on any atom is 0.326 e. The molecule has 46 heavy (non-hydrogen) atoms. The number of urea groups is 1. The second-order valence-electron chi connectivity index (χ2n) is 10.8. The molecule has 228 valence electrons. The highest BCUT2D eigenvalue weighted by Gasteiger charge is 2.36. The first-order valence-electron chi connectivity index (χ1n) is 14.9. The zero-order chi connectivity index (χ0) is 31.5. The van der Waals surface area contributed by atoms with E-state index in [-0.39, 0.29) is 23.2 Å². The van der Waals surface area contributed by atoms with Crippen molar-refractivity contribution < 1.29 is 9.59 Å². The summed E-state index contributed by atoms with van der Waals surface area (Å²) in [6, 6.07) is 35.1. The van der Waals surface area contributed by atoms with Gasteiger partial charge in [-0.1, -0.05) is 103 Å². The molecule has 0 fully saturated rings. The summed E-state index contributed by atoms with van der Waals surface area (Å²) < 4.78 is 0. The fraction of sp³-hybridized carbons (Fsp3) is 0.108. The Balaban J connectivity index is 1.11. The van der Waals surface area contributed by atoms with E-state index in [0.29, 0.717) is 10.8 Å². The van der Waals surface area contributed by atoms with E-state index in [9.17, 15) is 9.59 Å². The zero-order valence-corrected chi connectivity index (χ0v) is 27.3. The van der Waals surface area contributed by atoms with Crippen LogP contribution in [0.2, 0.25) is 0 Å². The van der Waals surface area contributed by atoms with Gasteiger partial charge in [-0.25, -0.2) is 9.78 Å². The normalized spacial score (nSPS) is 17.1. The summed E-state index contributed by atoms with van der Waals surface area (Å²) in [5, 5.41) is 6.37. The van der Waals surface area contributed by atoms with E-state index in [2.05, 4.69) is 28.9 Å². The van der Waals surface area contributed by atoms with E-state index in [1.807, 2.05) is 127 Å². The molecule has 3 unspecified atom stereocenters. The van der Waals surface area contributed by atoms with E-state index >= 15 is 0 Å². The number of aryl methyl sites for hydroxylation is 1. The first-order valence-corrected chi connectivity index (χ1v) is 17.5. The van der Waals surface area contributed by atoms with Crippen LogP contribution in [0.25, 0.3) is 11.3 Å². The molecular weight excluding hydrogens is 629 g/mol. The smallest absolute Gasteiger partial charge is 0.307 e. The van der Waals surface area contributed by atoms with Gasteiger partial charge in [0, 0.05) is 25.9 Å². The van der Waals surface area contributed by atoms with Crippen LogP contribution in [0.5, 0.6) is 0 Å². The molecule has 9 heteroatoms. The molecule has 1 aliphatic carbocycles. The topological polar surface area (TPSA) is 74.3 Å². The standard InChI is InChI=1S/C37H30N4O2S3/c1-24-33(25-13-4-2-5-14-25)39-36(44-24)40-35(42)34(26-15-6-3-7-16-26)45-28-18-12-17-27(23-28)38-37(43)41-29-19-8-10-21-31(29)46-32-22-11-9-20-30(32)41/h2-23,29,31,34H,1H3,(H,38,43)(H,39,40,42). The van der Waals surface area contributed by atoms with Gasteiger partial charge in [0.25, 0.3) is 0 Å². The number of fused-ring (bicyclic) bond motifs is 2. The van der Waals surface area contributed by atoms with Crippen LogP contribution in [0.4, 0.5) is 21.3 Å². The van der Waals surface area contributed by atoms with Gasteiger partial charge < -0.3 is 10.6 Å². The maximum atomic E-state index is 13.9. The Labute approximate surface area is 280 Å². The number of hydrogen-bond acceptors (Lipinski definition) is 6. The predicted molar refractivity (Wildman–Crippen MR) is 192 cm³/mol. The number of allylic oxidation sites excluding steroid dienone is 2. The van der Waals surface area contributed by atoms with Gasteiger partial charge in [0.05, 0.1) is 22.7 Å². The largest absolute Gasteiger partial charge is 0.326 e. The Morgan fingerprint density at radius 2 is 1.59 bits per heavy atom. The number of benzene rings is 4. The van der Waals surface area contributed by atoms with Crippen molar-refractivity contribution in [2.24, 2.45) is 0 Å². The number of carbonyl (C=O) groups is 2. The molecule has 7 rings (SSSR count). The van der Waals surface area contributed by atoms with Crippen LogP contribution < -0.4 is 15.5 Å². The van der Waals surface area contributed by atoms with Gasteiger partial charge in [0.15, 0.2) is 5.13 Å². The quantitative estimate of drug-likeness (QED) is 0.170. The van der Waals surface area contributed by atoms with Gasteiger partial charge in [0.1, 0.15) is 5.25 Å². The third-order valence-electron chi connectivity index (χ3n) is 7.72. The molecule has 0 saturated heterocycles. The van der Waals surface area contributed by atoms with Crippen LogP contribution in [-0.4, -0.2) is 28.2 Å². The van der Waals surface area contributed by atoms with Crippen molar-refractivity contribution in [3.63, 3.8) is 0 Å². The Kier molecular flexibility index (Phi) is 8.78. The van der Waals surface area contributed by atoms with Gasteiger partial charge in [0.2, 0.25) is 5.91 Å². The highest BCUT2D eigenvalue weighted by molar-refractivity contribution is 8.00. The number of hydrogen-bond donors (Lipinski definition) is 2. The molecule has 2 aliphatic rings. The number of nitrogens with zero attached hydrogens (tertiary/aromatic N) is 2. The summed E-state index contributed by atoms with van der Waals surface area (Å²) in [6.45, 7) is 2.02. The van der Waals surface area contributed by atoms with E-state index in [0.717, 1.165) is 37.2 Å². The average molecular weight is 659 g/mol. The molecule has 1 aromatic heterocycles. The number of nitrogens with one attached hydrogen (secondary N) is 2. The minimum absolute atomic E-state index is 0.0921. The lowest BCUT2D eigenvalue weighted by molar-refractivity contribution is -0.115. The lowest BCUT2D eigenvalue weighted by atomic mass is 10.1. The Morgan fingerprint density at radius 3 is 2.41 bits per heavy atom. The van der Waals surface area contributed by atoms with Gasteiger partial charge in [-0.15, -0.1) is 34.9 Å². The number of aromatic nitrogens is 1. The highest BCUT2D eigenvalue weighted by atomic mass is 32.2. The van der Waals surface area contributed by atoms with Crippen LogP contribution >= 0.6 is 34.9 Å². The Morgan fingerprint density at radius 1 is 0.848 bits per heavy atom. The van der Waals surface area contributed by atoms with E-state index in [1.54, 1.807) is 11.8 Å². The first-order chi connectivity index (χ1) is 22.5. The zero-order valence-electron chi connectivity index (χ0n) is 24.9. The van der Waals surface area contributed by atoms with E-state index in [4.69, 9.17) is 4.98 Å². The summed E-state index contributed by atoms with van der Waals surface area (Å²) in [5.74, 6) is -0.162. The van der Waals surface area contributed by atoms with Crippen molar-refractivity contribution in [2.75, 3.05) is 15.5 Å². The number of thioether (sulfide) groups is 2. The second-order valence-corrected chi connectivity index (χ2v) is 14.4. The minimum atomic E-state index is -0.539. The molecule has 5 aromatic rings. The van der Waals surface area contributed by atoms with Crippen LogP contribution in [0.1, 0.15) is 15.7 Å². The summed E-state index contributed by atoms with van der Waals surface area (Å²) in [4.78, 5) is 37.3.